The molecule has 25 heteroatoms. The Morgan fingerprint density at radius 1 is 0.531 bits per heavy atom. The summed E-state index contributed by atoms with van der Waals surface area (Å²) >= 11 is 1.45. The molecule has 8 unspecified atom stereocenters. The Labute approximate surface area is 485 Å². The Morgan fingerprint density at radius 3 is 1.48 bits per heavy atom. The third-order valence-electron chi connectivity index (χ3n) is 13.5. The predicted molar refractivity (Wildman–Crippen MR) is 312 cm³/mol. The molecule has 81 heavy (non-hydrogen) atoms. The van der Waals surface area contributed by atoms with Gasteiger partial charge in [-0.1, -0.05) is 74.5 Å². The van der Waals surface area contributed by atoms with E-state index >= 15 is 0 Å². The lowest BCUT2D eigenvalue weighted by molar-refractivity contribution is -0.152. The van der Waals surface area contributed by atoms with Crippen LogP contribution in [0, 0.1) is 29.6 Å². The molecule has 0 fully saturated rings. The number of hydrogen-bond donors (Lipinski definition) is 5. The van der Waals surface area contributed by atoms with Crippen molar-refractivity contribution < 1.29 is 62.6 Å². The van der Waals surface area contributed by atoms with Gasteiger partial charge in [0.2, 0.25) is 59.1 Å². The quantitative estimate of drug-likeness (QED) is 0.0333. The van der Waals surface area contributed by atoms with Crippen LogP contribution in [0.25, 0.3) is 0 Å². The van der Waals surface area contributed by atoms with E-state index in [1.165, 1.54) is 99.4 Å². The van der Waals surface area contributed by atoms with Crippen molar-refractivity contribution in [2.45, 2.75) is 157 Å². The van der Waals surface area contributed by atoms with Gasteiger partial charge in [0, 0.05) is 60.8 Å². The summed E-state index contributed by atoms with van der Waals surface area (Å²) in [4.78, 5) is 168. The minimum Gasteiger partial charge on any atom is -0.481 e. The van der Waals surface area contributed by atoms with Crippen molar-refractivity contribution in [2.24, 2.45) is 35.3 Å². The number of likely N-dealkylation sites (N-methyl/N-ethyl adjacent to an activating group) is 7. The van der Waals surface area contributed by atoms with Gasteiger partial charge in [0.05, 0.1) is 44.7 Å². The Kier molecular flexibility index (Phi) is 34.3. The molecule has 0 heterocycles. The van der Waals surface area contributed by atoms with Crippen LogP contribution >= 0.6 is 11.8 Å². The third-order valence-corrected chi connectivity index (χ3v) is 14.5. The number of nitrogens with zero attached hydrogens (tertiary/aromatic N) is 7. The molecule has 0 rings (SSSR count). The van der Waals surface area contributed by atoms with Crippen LogP contribution in [0.2, 0.25) is 0 Å². The van der Waals surface area contributed by atoms with Crippen molar-refractivity contribution in [1.82, 2.24) is 50.2 Å². The largest absolute Gasteiger partial charge is 0.481 e. The number of aliphatic carboxylic acids is 1. The molecule has 8 atom stereocenters. The lowest BCUT2D eigenvalue weighted by atomic mass is 9.96. The summed E-state index contributed by atoms with van der Waals surface area (Å²) in [7, 11) is 9.98. The summed E-state index contributed by atoms with van der Waals surface area (Å²) in [6.07, 6.45) is 5.67. The number of rotatable bonds is 37. The molecule has 0 aromatic heterocycles. The first-order chi connectivity index (χ1) is 37.5. The molecule has 24 nitrogen and oxygen atoms in total. The number of thioether (sulfide) groups is 1. The number of aldehydes is 1. The maximum Gasteiger partial charge on any atom is 0.304 e. The van der Waals surface area contributed by atoms with Gasteiger partial charge in [-0.15, -0.1) is 0 Å². The summed E-state index contributed by atoms with van der Waals surface area (Å²) in [6, 6.07) is -6.90. The molecular formula is C56H99N11O13S. The molecule has 10 amide bonds. The molecule has 0 spiro atoms. The van der Waals surface area contributed by atoms with E-state index in [-0.39, 0.29) is 55.9 Å². The highest BCUT2D eigenvalue weighted by Gasteiger charge is 2.39. The van der Waals surface area contributed by atoms with Crippen LogP contribution in [0.4, 0.5) is 0 Å². The SMILES string of the molecule is CC(C)CC(C(=O)NC(C(=O)N(C)CC(=O)NC(C)C=O)C(C)C)N(C)C(=O)CN(C)C(=O)CNC(=O)C(CC(C)CC=CCSCCC(=O)O)N(C)C(=O)CN(C)C(=O)C(CC(C)C)N(C)C(=O)C(CC(C)C)N(C)C(=O)C(C)N. The first kappa shape index (κ1) is 74.9. The number of nitrogens with one attached hydrogen (secondary N) is 3. The smallest absolute Gasteiger partial charge is 0.304 e. The minimum absolute atomic E-state index is 0.00342. The van der Waals surface area contributed by atoms with Gasteiger partial charge < -0.3 is 65.9 Å². The molecule has 0 aliphatic rings. The molecule has 0 aliphatic heterocycles. The van der Waals surface area contributed by atoms with Crippen molar-refractivity contribution >= 4 is 83.1 Å². The van der Waals surface area contributed by atoms with Crippen LogP contribution in [0.3, 0.4) is 0 Å². The highest BCUT2D eigenvalue weighted by atomic mass is 32.2. The maximum atomic E-state index is 14.3. The van der Waals surface area contributed by atoms with Crippen molar-refractivity contribution in [2.75, 3.05) is 87.0 Å². The number of carbonyl (C=O) groups excluding carboxylic acids is 11. The average molecular weight is 1170 g/mol. The summed E-state index contributed by atoms with van der Waals surface area (Å²) < 4.78 is 0. The van der Waals surface area contributed by atoms with Gasteiger partial charge in [-0.25, -0.2) is 0 Å². The van der Waals surface area contributed by atoms with Gasteiger partial charge in [-0.05, 0) is 75.5 Å². The first-order valence-electron chi connectivity index (χ1n) is 27.8. The Balaban J connectivity index is 6.56. The highest BCUT2D eigenvalue weighted by Crippen LogP contribution is 2.21. The standard InChI is InChI=1S/C56H99N11O13S/c1-34(2)25-41(52(76)60-50(37(7)8)56(80)62(13)30-45(69)59-39(10)33-68)64(15)47(71)31-61(12)46(70)29-58-51(75)42(28-38(9)21-19-20-23-81-24-22-49(73)74)65(16)48(72)32-63(14)54(78)43(26-35(3)4)67(18)55(79)44(27-36(5)6)66(17)53(77)40(11)57/h19-20,33-44,50H,21-32,57H2,1-18H3,(H,58,75)(H,59,69)(H,60,76)(H,73,74). The van der Waals surface area contributed by atoms with Gasteiger partial charge in [-0.2, -0.15) is 11.8 Å². The zero-order chi connectivity index (χ0) is 62.8. The zero-order valence-electron chi connectivity index (χ0n) is 51.6. The second-order valence-electron chi connectivity index (χ2n) is 23.0. The third kappa shape index (κ3) is 27.0. The maximum absolute atomic E-state index is 14.3. The van der Waals surface area contributed by atoms with E-state index in [4.69, 9.17) is 10.8 Å². The van der Waals surface area contributed by atoms with Crippen molar-refractivity contribution in [3.05, 3.63) is 12.2 Å². The monoisotopic (exact) mass is 1170 g/mol. The van der Waals surface area contributed by atoms with E-state index in [0.29, 0.717) is 30.6 Å². The molecule has 0 saturated carbocycles. The van der Waals surface area contributed by atoms with Crippen LogP contribution in [0.1, 0.15) is 115 Å². The number of hydrogen-bond acceptors (Lipinski definition) is 14. The van der Waals surface area contributed by atoms with Crippen molar-refractivity contribution in [3.8, 4) is 0 Å². The normalized spacial score (nSPS) is 14.4. The lowest BCUT2D eigenvalue weighted by Gasteiger charge is -2.37. The number of carbonyl (C=O) groups is 12. The predicted octanol–water partition coefficient (Wildman–Crippen LogP) is 1.30. The fraction of sp³-hybridized carbons (Fsp3) is 0.750. The molecule has 0 radical (unpaired) electrons. The van der Waals surface area contributed by atoms with Crippen molar-refractivity contribution in [1.29, 1.82) is 0 Å². The van der Waals surface area contributed by atoms with E-state index < -0.39 is 133 Å². The summed E-state index contributed by atoms with van der Waals surface area (Å²) in [5.41, 5.74) is 5.90. The lowest BCUT2D eigenvalue weighted by Crippen LogP contribution is -2.58. The molecule has 6 N–H and O–H groups in total. The van der Waals surface area contributed by atoms with E-state index in [9.17, 15) is 57.5 Å². The topological polar surface area (TPSA) is 310 Å². The number of carboxylic acid groups (broad SMARTS) is 1. The van der Waals surface area contributed by atoms with Crippen LogP contribution in [-0.4, -0.2) is 240 Å². The van der Waals surface area contributed by atoms with Gasteiger partial charge in [0.15, 0.2) is 0 Å². The Hall–Kier alpha value is -6.11. The van der Waals surface area contributed by atoms with Gasteiger partial charge in [0.1, 0.15) is 36.5 Å². The number of allylic oxidation sites excluding steroid dienone is 1. The van der Waals surface area contributed by atoms with E-state index in [0.717, 1.165) is 9.80 Å². The molecule has 0 aromatic rings. The summed E-state index contributed by atoms with van der Waals surface area (Å²) in [6.45, 7) is 17.6. The second-order valence-corrected chi connectivity index (χ2v) is 24.1. The molecule has 462 valence electrons. The first-order valence-corrected chi connectivity index (χ1v) is 29.0. The van der Waals surface area contributed by atoms with Crippen LogP contribution < -0.4 is 21.7 Å². The molecule has 0 aromatic carbocycles. The summed E-state index contributed by atoms with van der Waals surface area (Å²) in [5, 5.41) is 16.8. The van der Waals surface area contributed by atoms with Crippen LogP contribution in [0.5, 0.6) is 0 Å². The molecular weight excluding hydrogens is 1070 g/mol. The highest BCUT2D eigenvalue weighted by molar-refractivity contribution is 7.99. The number of nitrogens with two attached hydrogens (primary N) is 1. The fourth-order valence-corrected chi connectivity index (χ4v) is 9.32. The second kappa shape index (κ2) is 37.1. The minimum atomic E-state index is -1.16. The molecule has 0 saturated heterocycles. The van der Waals surface area contributed by atoms with Crippen LogP contribution in [-0.2, 0) is 57.5 Å². The van der Waals surface area contributed by atoms with Gasteiger partial charge in [0.25, 0.3) is 0 Å². The average Bonchev–Trinajstić information content (AvgIpc) is 3.38. The van der Waals surface area contributed by atoms with E-state index in [1.807, 2.05) is 60.6 Å². The van der Waals surface area contributed by atoms with Gasteiger partial charge in [-0.3, -0.25) is 52.7 Å². The molecule has 0 bridgehead atoms. The summed E-state index contributed by atoms with van der Waals surface area (Å²) in [5.74, 6) is -6.55. The van der Waals surface area contributed by atoms with Crippen LogP contribution in [0.15, 0.2) is 12.2 Å². The van der Waals surface area contributed by atoms with E-state index in [1.54, 1.807) is 13.8 Å². The van der Waals surface area contributed by atoms with Crippen molar-refractivity contribution in [3.63, 3.8) is 0 Å². The Bertz CT molecular complexity index is 2160. The van der Waals surface area contributed by atoms with Gasteiger partial charge >= 0.3 is 5.97 Å². The number of amides is 10. The zero-order valence-corrected chi connectivity index (χ0v) is 52.4. The van der Waals surface area contributed by atoms with E-state index in [2.05, 4.69) is 16.0 Å². The number of carboxylic acids is 1. The molecule has 0 aliphatic carbocycles. The fourth-order valence-electron chi connectivity index (χ4n) is 8.56. The Morgan fingerprint density at radius 2 is 1.00 bits per heavy atom.